The monoisotopic (exact) mass is 1370 g/mol. The van der Waals surface area contributed by atoms with Crippen molar-refractivity contribution in [3.63, 3.8) is 0 Å². The molecule has 0 aliphatic heterocycles. The summed E-state index contributed by atoms with van der Waals surface area (Å²) in [4.78, 5) is 0. The molecule has 0 saturated heterocycles. The average molecular weight is 1370 g/mol. The third-order valence-corrected chi connectivity index (χ3v) is 12.5. The van der Waals surface area contributed by atoms with Crippen molar-refractivity contribution in [1.82, 2.24) is 0 Å². The van der Waals surface area contributed by atoms with Crippen LogP contribution < -0.4 is 14.0 Å². The number of halogens is 36. The summed E-state index contributed by atoms with van der Waals surface area (Å²) in [5.41, 5.74) is -58.6. The highest BCUT2D eigenvalue weighted by Crippen LogP contribution is 2.62. The minimum Gasteiger partial charge on any atom is -0.490 e. The van der Waals surface area contributed by atoms with Gasteiger partial charge in [-0.25, -0.2) is 0 Å². The van der Waals surface area contributed by atoms with Crippen LogP contribution in [-0.2, 0) is 62.0 Å². The molecule has 0 N–H and O–H groups in total. The molecule has 0 fully saturated rings. The summed E-state index contributed by atoms with van der Waals surface area (Å²) in [6.07, 6.45) is -88.2. The van der Waals surface area contributed by atoms with Crippen molar-refractivity contribution in [2.24, 2.45) is 0 Å². The number of rotatable bonds is 18. The second-order valence-electron chi connectivity index (χ2n) is 17.2. The van der Waals surface area contributed by atoms with Gasteiger partial charge in [-0.1, -0.05) is 0 Å². The Labute approximate surface area is 463 Å². The molecule has 0 amide bonds. The molecular weight excluding hydrogens is 1340 g/mol. The van der Waals surface area contributed by atoms with Crippen LogP contribution in [0.3, 0.4) is 0 Å². The Morgan fingerprint density at radius 3 is 0.375 bits per heavy atom. The number of ether oxygens (including phenoxy) is 6. The van der Waals surface area contributed by atoms with Crippen LogP contribution in [0.25, 0.3) is 0 Å². The van der Waals surface area contributed by atoms with Crippen molar-refractivity contribution in [2.75, 3.05) is 42.7 Å². The molecule has 0 spiro atoms. The van der Waals surface area contributed by atoms with Gasteiger partial charge >= 0.3 is 81.4 Å². The molecule has 46 heteroatoms. The summed E-state index contributed by atoms with van der Waals surface area (Å²) in [5.74, 6) is -8.80. The molecule has 88 heavy (non-hydrogen) atoms. The first-order chi connectivity index (χ1) is 38.9. The van der Waals surface area contributed by atoms with Crippen molar-refractivity contribution in [1.29, 1.82) is 0 Å². The summed E-state index contributed by atoms with van der Waals surface area (Å²) in [5, 5.41) is 0. The molecule has 0 bridgehead atoms. The maximum atomic E-state index is 14.7. The lowest BCUT2D eigenvalue weighted by atomic mass is 9.84. The second-order valence-corrected chi connectivity index (χ2v) is 17.2. The highest BCUT2D eigenvalue weighted by Gasteiger charge is 2.80. The normalized spacial score (nSPS) is 15.2. The summed E-state index contributed by atoms with van der Waals surface area (Å²) in [6, 6.07) is -11.7. The first-order valence-corrected chi connectivity index (χ1v) is 21.5. The molecule has 3 aromatic carbocycles. The highest BCUT2D eigenvalue weighted by atomic mass is 19.5. The van der Waals surface area contributed by atoms with Crippen LogP contribution in [0.1, 0.15) is 33.4 Å². The predicted molar refractivity (Wildman–Crippen MR) is 212 cm³/mol. The van der Waals surface area contributed by atoms with Crippen LogP contribution in [0.2, 0.25) is 0 Å². The molecule has 0 atom stereocenters. The Morgan fingerprint density at radius 2 is 0.295 bits per heavy atom. The smallest absolute Gasteiger partial charge is 0.490 e. The molecule has 0 unspecified atom stereocenters. The van der Waals surface area contributed by atoms with Gasteiger partial charge in [-0.3, -0.25) is 0 Å². The summed E-state index contributed by atoms with van der Waals surface area (Å²) in [6.45, 7) is 0. The largest absolute Gasteiger partial charge is 0.864 e. The van der Waals surface area contributed by atoms with E-state index < -0.39 is 263 Å². The number of hydrogen-bond acceptors (Lipinski definition) is 9. The van der Waals surface area contributed by atoms with E-state index in [-0.39, 0.29) is 0 Å². The van der Waals surface area contributed by atoms with Gasteiger partial charge in [-0.15, -0.1) is 0 Å². The fourth-order valence-corrected chi connectivity index (χ4v) is 8.65. The molecular formula is C42H27BF36O9. The topological polar surface area (TPSA) is 83.1 Å². The van der Waals surface area contributed by atoms with Gasteiger partial charge in [0.15, 0.2) is 0 Å². The summed E-state index contributed by atoms with van der Waals surface area (Å²) in [7, 11) is -8.98. The maximum absolute atomic E-state index is 14.7. The predicted octanol–water partition coefficient (Wildman–Crippen LogP) is 16.0. The highest BCUT2D eigenvalue weighted by molar-refractivity contribution is 6.39. The molecule has 0 aliphatic rings. The molecule has 0 aromatic heterocycles. The first-order valence-electron chi connectivity index (χ1n) is 21.5. The Balaban J connectivity index is 3.07. The van der Waals surface area contributed by atoms with E-state index in [2.05, 4.69) is 42.4 Å². The Hall–Kier alpha value is -5.64. The van der Waals surface area contributed by atoms with E-state index in [0.717, 1.165) is 0 Å². The third-order valence-electron chi connectivity index (χ3n) is 12.5. The zero-order valence-corrected chi connectivity index (χ0v) is 42.6. The van der Waals surface area contributed by atoms with Crippen molar-refractivity contribution in [3.8, 4) is 17.2 Å². The van der Waals surface area contributed by atoms with E-state index in [1.54, 1.807) is 0 Å². The standard InChI is InChI=1S/C42H27BF36O9/c1-80-25(31(44,45)46,32(47,48)49)16-7-17(26(81-2,33(50,51)52)34(53,54)55)11-22(10-16)86-43(87-23-12-18(27(82-3,35(56,57)58)36(59,60)61)8-19(13-23)28(83-4,37(62,63)64)38(65,66)67)88-24-14-20(29(84-5,39(68,69)70)40(71,72)73)9-21(15-24)30(85-6,41(74,75)76)42(77,78)79/h7-15H,1-6H3. The van der Waals surface area contributed by atoms with Gasteiger partial charge in [-0.05, 0) is 54.6 Å². The molecule has 504 valence electrons. The number of hydrogen-bond donors (Lipinski definition) is 0. The van der Waals surface area contributed by atoms with Crippen LogP contribution in [-0.4, -0.2) is 124 Å². The van der Waals surface area contributed by atoms with Gasteiger partial charge in [0.25, 0.3) is 33.6 Å². The van der Waals surface area contributed by atoms with Gasteiger partial charge in [-0.2, -0.15) is 158 Å². The minimum atomic E-state index is -7.35. The van der Waals surface area contributed by atoms with Gasteiger partial charge in [0.05, 0.1) is 0 Å². The summed E-state index contributed by atoms with van der Waals surface area (Å²) < 4.78 is 565. The SMILES string of the molecule is COC(c1cc(OB(Oc2cc(C(OC)(C(F)(F)F)C(F)(F)F)cc(C(OC)(C(F)(F)F)C(F)(F)F)c2)Oc2cc(C(OC)(C(F)(F)F)C(F)(F)F)cc(C(OC)(C(F)(F)F)C(F)(F)F)c2)cc(C(OC)(C(F)(F)F)C(F)(F)F)c1)(C(F)(F)F)C(F)(F)F. The zero-order valence-electron chi connectivity index (χ0n) is 42.6. The van der Waals surface area contributed by atoms with E-state index >= 15 is 0 Å². The fraction of sp³-hybridized carbons (Fsp3) is 0.571. The maximum Gasteiger partial charge on any atom is 0.864 e. The van der Waals surface area contributed by atoms with E-state index in [9.17, 15) is 158 Å². The lowest BCUT2D eigenvalue weighted by Crippen LogP contribution is -2.57. The van der Waals surface area contributed by atoms with Gasteiger partial charge < -0.3 is 42.4 Å². The molecule has 9 nitrogen and oxygen atoms in total. The molecule has 3 rings (SSSR count). The van der Waals surface area contributed by atoms with Gasteiger partial charge in [0.2, 0.25) is 0 Å². The molecule has 0 heterocycles. The van der Waals surface area contributed by atoms with Gasteiger partial charge in [0, 0.05) is 76.0 Å². The van der Waals surface area contributed by atoms with Crippen molar-refractivity contribution in [3.05, 3.63) is 88.0 Å². The first kappa shape index (κ1) is 76.6. The second kappa shape index (κ2) is 23.2. The molecule has 0 aliphatic carbocycles. The quantitative estimate of drug-likeness (QED) is 0.0913. The third kappa shape index (κ3) is 12.1. The van der Waals surface area contributed by atoms with E-state index in [1.165, 1.54) is 0 Å². The van der Waals surface area contributed by atoms with Crippen LogP contribution in [0.4, 0.5) is 158 Å². The van der Waals surface area contributed by atoms with Crippen LogP contribution in [0, 0.1) is 0 Å². The van der Waals surface area contributed by atoms with Crippen molar-refractivity contribution < 1.29 is 200 Å². The minimum absolute atomic E-state index is 0.691. The molecule has 0 saturated carbocycles. The van der Waals surface area contributed by atoms with Gasteiger partial charge in [0.1, 0.15) is 17.2 Å². The van der Waals surface area contributed by atoms with Crippen LogP contribution >= 0.6 is 0 Å². The number of benzene rings is 3. The zero-order chi connectivity index (χ0) is 69.5. The van der Waals surface area contributed by atoms with E-state index in [4.69, 9.17) is 0 Å². The van der Waals surface area contributed by atoms with Crippen LogP contribution in [0.15, 0.2) is 54.6 Å². The van der Waals surface area contributed by atoms with E-state index in [1.807, 2.05) is 0 Å². The van der Waals surface area contributed by atoms with Crippen molar-refractivity contribution in [2.45, 2.75) is 108 Å². The fourth-order valence-electron chi connectivity index (χ4n) is 8.65. The Bertz CT molecular complexity index is 2330. The summed E-state index contributed by atoms with van der Waals surface area (Å²) >= 11 is 0. The molecule has 0 radical (unpaired) electrons. The lowest BCUT2D eigenvalue weighted by molar-refractivity contribution is -0.386. The Morgan fingerprint density at radius 1 is 0.193 bits per heavy atom. The number of methoxy groups -OCH3 is 6. The average Bonchev–Trinajstić information content (AvgIpc) is 0.938. The van der Waals surface area contributed by atoms with E-state index in [0.29, 0.717) is 0 Å². The number of alkyl halides is 36. The Kier molecular flexibility index (Phi) is 20.2. The van der Waals surface area contributed by atoms with Crippen LogP contribution in [0.5, 0.6) is 17.2 Å². The van der Waals surface area contributed by atoms with Crippen molar-refractivity contribution >= 4 is 7.32 Å². The lowest BCUT2D eigenvalue weighted by Gasteiger charge is -2.39. The molecule has 3 aromatic rings.